The second-order valence-corrected chi connectivity index (χ2v) is 5.73. The summed E-state index contributed by atoms with van der Waals surface area (Å²) in [6.07, 6.45) is 0.733. The molecule has 0 aliphatic rings. The molecule has 0 saturated heterocycles. The molecular formula is C18H17N3O2S. The van der Waals surface area contributed by atoms with Gasteiger partial charge in [-0.2, -0.15) is 0 Å². The third-order valence-electron chi connectivity index (χ3n) is 3.56. The van der Waals surface area contributed by atoms with E-state index in [1.54, 1.807) is 24.3 Å². The highest BCUT2D eigenvalue weighted by atomic mass is 32.1. The summed E-state index contributed by atoms with van der Waals surface area (Å²) in [5.41, 5.74) is 7.35. The van der Waals surface area contributed by atoms with E-state index in [0.717, 1.165) is 28.8 Å². The Bertz CT molecular complexity index is 838. The minimum absolute atomic E-state index is 0.451. The Hall–Kier alpha value is -2.86. The smallest absolute Gasteiger partial charge is 0.248 e. The summed E-state index contributed by atoms with van der Waals surface area (Å²) < 4.78 is 5.76. The highest BCUT2D eigenvalue weighted by Gasteiger charge is 2.04. The Kier molecular flexibility index (Phi) is 4.77. The Morgan fingerprint density at radius 2 is 1.88 bits per heavy atom. The van der Waals surface area contributed by atoms with E-state index in [1.807, 2.05) is 30.3 Å². The molecule has 3 rings (SSSR count). The number of benzene rings is 2. The number of anilines is 1. The van der Waals surface area contributed by atoms with Gasteiger partial charge in [0.15, 0.2) is 5.11 Å². The molecule has 0 radical (unpaired) electrons. The number of primary amides is 1. The lowest BCUT2D eigenvalue weighted by Crippen LogP contribution is -2.30. The van der Waals surface area contributed by atoms with Crippen molar-refractivity contribution in [2.45, 2.75) is 6.42 Å². The molecule has 0 aliphatic heterocycles. The second-order valence-electron chi connectivity index (χ2n) is 5.32. The molecule has 1 heterocycles. The molecule has 0 bridgehead atoms. The topological polar surface area (TPSA) is 80.3 Å². The van der Waals surface area contributed by atoms with Crippen LogP contribution in [0.15, 0.2) is 59.0 Å². The van der Waals surface area contributed by atoms with E-state index >= 15 is 0 Å². The van der Waals surface area contributed by atoms with Gasteiger partial charge in [0.05, 0.1) is 0 Å². The largest absolute Gasteiger partial charge is 0.461 e. The molecule has 0 fully saturated rings. The Labute approximate surface area is 144 Å². The normalized spacial score (nSPS) is 10.5. The third-order valence-corrected chi connectivity index (χ3v) is 3.81. The molecule has 2 aromatic carbocycles. The zero-order chi connectivity index (χ0) is 16.9. The lowest BCUT2D eigenvalue weighted by molar-refractivity contribution is 0.100. The molecule has 24 heavy (non-hydrogen) atoms. The number of nitrogens with two attached hydrogens (primary N) is 1. The molecule has 0 aliphatic carbocycles. The van der Waals surface area contributed by atoms with Crippen LogP contribution in [-0.4, -0.2) is 17.6 Å². The van der Waals surface area contributed by atoms with Crippen LogP contribution in [0.1, 0.15) is 16.1 Å². The number of carbonyl (C=O) groups is 1. The SMILES string of the molecule is NC(=O)c1ccc(NC(=S)NCCc2cc3ccccc3o2)cc1. The molecule has 1 amide bonds. The van der Waals surface area contributed by atoms with Crippen LogP contribution >= 0.6 is 12.2 Å². The van der Waals surface area contributed by atoms with Crippen LogP contribution in [0.4, 0.5) is 5.69 Å². The number of amides is 1. The van der Waals surface area contributed by atoms with Crippen molar-refractivity contribution in [1.29, 1.82) is 0 Å². The number of fused-ring (bicyclic) bond motifs is 1. The lowest BCUT2D eigenvalue weighted by Gasteiger charge is -2.10. The lowest BCUT2D eigenvalue weighted by atomic mass is 10.2. The van der Waals surface area contributed by atoms with Crippen molar-refractivity contribution >= 4 is 39.9 Å². The van der Waals surface area contributed by atoms with Crippen LogP contribution in [0, 0.1) is 0 Å². The zero-order valence-electron chi connectivity index (χ0n) is 12.9. The maximum atomic E-state index is 11.0. The average molecular weight is 339 g/mol. The molecule has 5 nitrogen and oxygen atoms in total. The summed E-state index contributed by atoms with van der Waals surface area (Å²) in [5.74, 6) is 0.463. The Morgan fingerprint density at radius 3 is 2.58 bits per heavy atom. The van der Waals surface area contributed by atoms with Gasteiger partial charge >= 0.3 is 0 Å². The number of para-hydroxylation sites is 1. The van der Waals surface area contributed by atoms with E-state index in [0.29, 0.717) is 17.2 Å². The summed E-state index contributed by atoms with van der Waals surface area (Å²) in [4.78, 5) is 11.0. The number of hydrogen-bond acceptors (Lipinski definition) is 3. The Morgan fingerprint density at radius 1 is 1.12 bits per heavy atom. The number of furan rings is 1. The van der Waals surface area contributed by atoms with E-state index in [2.05, 4.69) is 10.6 Å². The third kappa shape index (κ3) is 3.91. The summed E-state index contributed by atoms with van der Waals surface area (Å²) >= 11 is 5.26. The summed E-state index contributed by atoms with van der Waals surface area (Å²) in [7, 11) is 0. The number of nitrogens with one attached hydrogen (secondary N) is 2. The molecule has 122 valence electrons. The van der Waals surface area contributed by atoms with Crippen molar-refractivity contribution in [2.24, 2.45) is 5.73 Å². The van der Waals surface area contributed by atoms with Crippen molar-refractivity contribution in [3.63, 3.8) is 0 Å². The van der Waals surface area contributed by atoms with Crippen LogP contribution < -0.4 is 16.4 Å². The first-order valence-electron chi connectivity index (χ1n) is 7.54. The van der Waals surface area contributed by atoms with Crippen LogP contribution in [0.2, 0.25) is 0 Å². The quantitative estimate of drug-likeness (QED) is 0.623. The molecule has 3 aromatic rings. The van der Waals surface area contributed by atoms with Gasteiger partial charge in [0, 0.05) is 29.6 Å². The van der Waals surface area contributed by atoms with E-state index in [4.69, 9.17) is 22.4 Å². The van der Waals surface area contributed by atoms with Crippen LogP contribution in [-0.2, 0) is 6.42 Å². The predicted molar refractivity (Wildman–Crippen MR) is 99.1 cm³/mol. The van der Waals surface area contributed by atoms with Gasteiger partial charge in [-0.1, -0.05) is 18.2 Å². The predicted octanol–water partition coefficient (Wildman–Crippen LogP) is 3.06. The summed E-state index contributed by atoms with van der Waals surface area (Å²) in [6, 6.07) is 16.8. The number of thiocarbonyl (C=S) groups is 1. The van der Waals surface area contributed by atoms with Crippen LogP contribution in [0.5, 0.6) is 0 Å². The summed E-state index contributed by atoms with van der Waals surface area (Å²) in [5, 5.41) is 7.80. The fourth-order valence-electron chi connectivity index (χ4n) is 2.35. The molecular weight excluding hydrogens is 322 g/mol. The van der Waals surface area contributed by atoms with Gasteiger partial charge in [-0.15, -0.1) is 0 Å². The van der Waals surface area contributed by atoms with Gasteiger partial charge in [-0.05, 0) is 48.6 Å². The molecule has 0 spiro atoms. The first-order chi connectivity index (χ1) is 11.6. The van der Waals surface area contributed by atoms with E-state index in [-0.39, 0.29) is 0 Å². The van der Waals surface area contributed by atoms with Gasteiger partial charge in [0.2, 0.25) is 5.91 Å². The fraction of sp³-hybridized carbons (Fsp3) is 0.111. The Balaban J connectivity index is 1.49. The number of rotatable bonds is 5. The fourth-order valence-corrected chi connectivity index (χ4v) is 2.57. The summed E-state index contributed by atoms with van der Waals surface area (Å²) in [6.45, 7) is 0.658. The highest BCUT2D eigenvalue weighted by Crippen LogP contribution is 2.18. The number of carbonyl (C=O) groups excluding carboxylic acids is 1. The van der Waals surface area contributed by atoms with Gasteiger partial charge < -0.3 is 20.8 Å². The molecule has 1 aromatic heterocycles. The minimum Gasteiger partial charge on any atom is -0.461 e. The van der Waals surface area contributed by atoms with Crippen LogP contribution in [0.3, 0.4) is 0 Å². The second kappa shape index (κ2) is 7.14. The minimum atomic E-state index is -0.451. The van der Waals surface area contributed by atoms with Crippen molar-refractivity contribution in [3.8, 4) is 0 Å². The van der Waals surface area contributed by atoms with Gasteiger partial charge in [0.25, 0.3) is 0 Å². The molecule has 4 N–H and O–H groups in total. The maximum absolute atomic E-state index is 11.0. The van der Waals surface area contributed by atoms with Crippen molar-refractivity contribution < 1.29 is 9.21 Å². The first-order valence-corrected chi connectivity index (χ1v) is 7.95. The van der Waals surface area contributed by atoms with Crippen LogP contribution in [0.25, 0.3) is 11.0 Å². The first kappa shape index (κ1) is 16.0. The standard InChI is InChI=1S/C18H17N3O2S/c19-17(22)12-5-7-14(8-6-12)21-18(24)20-10-9-15-11-13-3-1-2-4-16(13)23-15/h1-8,11H,9-10H2,(H2,19,22)(H2,20,21,24). The van der Waals surface area contributed by atoms with E-state index in [9.17, 15) is 4.79 Å². The monoisotopic (exact) mass is 339 g/mol. The van der Waals surface area contributed by atoms with E-state index in [1.165, 1.54) is 0 Å². The van der Waals surface area contributed by atoms with Crippen molar-refractivity contribution in [1.82, 2.24) is 5.32 Å². The molecule has 0 atom stereocenters. The maximum Gasteiger partial charge on any atom is 0.248 e. The number of hydrogen-bond donors (Lipinski definition) is 3. The molecule has 0 saturated carbocycles. The van der Waals surface area contributed by atoms with Crippen molar-refractivity contribution in [3.05, 3.63) is 65.9 Å². The molecule has 6 heteroatoms. The average Bonchev–Trinajstić information content (AvgIpc) is 2.98. The highest BCUT2D eigenvalue weighted by molar-refractivity contribution is 7.80. The van der Waals surface area contributed by atoms with Crippen molar-refractivity contribution in [2.75, 3.05) is 11.9 Å². The van der Waals surface area contributed by atoms with E-state index < -0.39 is 5.91 Å². The van der Waals surface area contributed by atoms with Gasteiger partial charge in [-0.25, -0.2) is 0 Å². The van der Waals surface area contributed by atoms with Gasteiger partial charge in [0.1, 0.15) is 11.3 Å². The van der Waals surface area contributed by atoms with Gasteiger partial charge in [-0.3, -0.25) is 4.79 Å². The molecule has 0 unspecified atom stereocenters. The zero-order valence-corrected chi connectivity index (χ0v) is 13.7.